The van der Waals surface area contributed by atoms with Crippen molar-refractivity contribution in [2.45, 2.75) is 51.1 Å². The monoisotopic (exact) mass is 521 g/mol. The first kappa shape index (κ1) is 26.2. The third-order valence-electron chi connectivity index (χ3n) is 6.57. The number of para-hydroxylation sites is 2. The SMILES string of the molecule is COc1ccccc1N(C(=O)c1snc(C(N)=O)c1N)[C@@H](C(=O)NC1CCCCC1)c1ccc(C)cc1. The van der Waals surface area contributed by atoms with Crippen LogP contribution in [0.25, 0.3) is 0 Å². The van der Waals surface area contributed by atoms with Gasteiger partial charge in [0.05, 0.1) is 18.5 Å². The van der Waals surface area contributed by atoms with E-state index in [-0.39, 0.29) is 28.2 Å². The lowest BCUT2D eigenvalue weighted by atomic mass is 9.94. The molecule has 0 unspecified atom stereocenters. The van der Waals surface area contributed by atoms with E-state index in [1.165, 1.54) is 12.0 Å². The van der Waals surface area contributed by atoms with Gasteiger partial charge in [-0.2, -0.15) is 4.37 Å². The molecule has 10 heteroatoms. The number of rotatable bonds is 8. The van der Waals surface area contributed by atoms with Gasteiger partial charge in [0.2, 0.25) is 5.91 Å². The number of benzene rings is 2. The quantitative estimate of drug-likeness (QED) is 0.410. The Labute approximate surface area is 220 Å². The fraction of sp³-hybridized carbons (Fsp3) is 0.333. The molecular weight excluding hydrogens is 490 g/mol. The van der Waals surface area contributed by atoms with E-state index in [0.717, 1.165) is 49.2 Å². The highest BCUT2D eigenvalue weighted by molar-refractivity contribution is 7.09. The van der Waals surface area contributed by atoms with Gasteiger partial charge >= 0.3 is 0 Å². The van der Waals surface area contributed by atoms with E-state index in [2.05, 4.69) is 9.69 Å². The number of amides is 3. The molecule has 1 heterocycles. The number of hydrogen-bond acceptors (Lipinski definition) is 7. The molecule has 194 valence electrons. The number of aryl methyl sites for hydroxylation is 1. The molecule has 0 radical (unpaired) electrons. The third-order valence-corrected chi connectivity index (χ3v) is 7.42. The molecule has 1 aliphatic carbocycles. The molecule has 5 N–H and O–H groups in total. The molecule has 3 aromatic rings. The number of nitrogens with one attached hydrogen (secondary N) is 1. The summed E-state index contributed by atoms with van der Waals surface area (Å²) < 4.78 is 9.58. The molecule has 0 spiro atoms. The van der Waals surface area contributed by atoms with Gasteiger partial charge in [0, 0.05) is 6.04 Å². The molecule has 4 rings (SSSR count). The normalized spacial score (nSPS) is 14.5. The zero-order valence-electron chi connectivity index (χ0n) is 20.9. The molecule has 1 fully saturated rings. The summed E-state index contributed by atoms with van der Waals surface area (Å²) in [6.07, 6.45) is 5.01. The number of methoxy groups -OCH3 is 1. The molecule has 0 bridgehead atoms. The number of ether oxygens (including phenoxy) is 1. The van der Waals surface area contributed by atoms with Crippen LogP contribution in [0.3, 0.4) is 0 Å². The number of hydrogen-bond donors (Lipinski definition) is 3. The number of primary amides is 1. The summed E-state index contributed by atoms with van der Waals surface area (Å²) in [6, 6.07) is 13.4. The summed E-state index contributed by atoms with van der Waals surface area (Å²) in [5.41, 5.74) is 13.3. The van der Waals surface area contributed by atoms with Crippen molar-refractivity contribution >= 4 is 40.6 Å². The first-order chi connectivity index (χ1) is 17.8. The first-order valence-electron chi connectivity index (χ1n) is 12.2. The molecule has 2 aromatic carbocycles. The highest BCUT2D eigenvalue weighted by atomic mass is 32.1. The Morgan fingerprint density at radius 3 is 2.38 bits per heavy atom. The van der Waals surface area contributed by atoms with Crippen molar-refractivity contribution in [1.82, 2.24) is 9.69 Å². The number of nitrogens with zero attached hydrogens (tertiary/aromatic N) is 2. The van der Waals surface area contributed by atoms with Gasteiger partial charge in [0.15, 0.2) is 5.69 Å². The van der Waals surface area contributed by atoms with Gasteiger partial charge in [-0.05, 0) is 49.0 Å². The van der Waals surface area contributed by atoms with E-state index >= 15 is 0 Å². The summed E-state index contributed by atoms with van der Waals surface area (Å²) >= 11 is 0.772. The van der Waals surface area contributed by atoms with Crippen LogP contribution in [0.2, 0.25) is 0 Å². The van der Waals surface area contributed by atoms with E-state index < -0.39 is 17.9 Å². The predicted molar refractivity (Wildman–Crippen MR) is 144 cm³/mol. The van der Waals surface area contributed by atoms with Crippen molar-refractivity contribution in [2.75, 3.05) is 17.7 Å². The Morgan fingerprint density at radius 1 is 1.08 bits per heavy atom. The summed E-state index contributed by atoms with van der Waals surface area (Å²) in [4.78, 5) is 41.3. The van der Waals surface area contributed by atoms with Crippen molar-refractivity contribution in [1.29, 1.82) is 0 Å². The van der Waals surface area contributed by atoms with Crippen LogP contribution in [0.1, 0.15) is 69.4 Å². The number of nitrogen functional groups attached to an aromatic ring is 1. The number of aromatic nitrogens is 1. The number of carbonyl (C=O) groups is 3. The standard InChI is InChI=1S/C27H31N5O4S/c1-16-12-14-17(15-13-16)23(26(34)30-18-8-4-3-5-9-18)32(19-10-6-7-11-20(19)36-2)27(35)24-21(28)22(25(29)33)31-37-24/h6-7,10-15,18,23H,3-5,8-9,28H2,1-2H3,(H2,29,33)(H,30,34)/t23-/m1/s1. The molecular formula is C27H31N5O4S. The van der Waals surface area contributed by atoms with Crippen LogP contribution in [0.15, 0.2) is 48.5 Å². The van der Waals surface area contributed by atoms with Crippen LogP contribution in [0.4, 0.5) is 11.4 Å². The molecule has 1 aliphatic rings. The van der Waals surface area contributed by atoms with E-state index in [9.17, 15) is 14.4 Å². The molecule has 1 aromatic heterocycles. The lowest BCUT2D eigenvalue weighted by Gasteiger charge is -2.34. The molecule has 37 heavy (non-hydrogen) atoms. The van der Waals surface area contributed by atoms with Crippen molar-refractivity contribution in [3.05, 3.63) is 70.2 Å². The molecule has 1 atom stereocenters. The van der Waals surface area contributed by atoms with Gasteiger partial charge in [-0.15, -0.1) is 0 Å². The highest BCUT2D eigenvalue weighted by Gasteiger charge is 2.38. The van der Waals surface area contributed by atoms with Crippen LogP contribution in [0, 0.1) is 6.92 Å². The van der Waals surface area contributed by atoms with Crippen molar-refractivity contribution in [2.24, 2.45) is 5.73 Å². The summed E-state index contributed by atoms with van der Waals surface area (Å²) in [5, 5.41) is 3.17. The maximum atomic E-state index is 14.2. The van der Waals surface area contributed by atoms with Crippen molar-refractivity contribution < 1.29 is 19.1 Å². The zero-order valence-corrected chi connectivity index (χ0v) is 21.7. The first-order valence-corrected chi connectivity index (χ1v) is 13.0. The van der Waals surface area contributed by atoms with Crippen LogP contribution >= 0.6 is 11.5 Å². The smallest absolute Gasteiger partial charge is 0.273 e. The van der Waals surface area contributed by atoms with Gasteiger partial charge in [-0.1, -0.05) is 61.2 Å². The van der Waals surface area contributed by atoms with Crippen molar-refractivity contribution in [3.63, 3.8) is 0 Å². The van der Waals surface area contributed by atoms with Crippen LogP contribution < -0.4 is 26.4 Å². The molecule has 3 amide bonds. The lowest BCUT2D eigenvalue weighted by Crippen LogP contribution is -2.47. The van der Waals surface area contributed by atoms with Gasteiger partial charge in [0.25, 0.3) is 11.8 Å². The fourth-order valence-electron chi connectivity index (χ4n) is 4.63. The van der Waals surface area contributed by atoms with Crippen molar-refractivity contribution in [3.8, 4) is 5.75 Å². The second-order valence-electron chi connectivity index (χ2n) is 9.14. The van der Waals surface area contributed by atoms with E-state index in [1.54, 1.807) is 24.3 Å². The van der Waals surface area contributed by atoms with E-state index in [0.29, 0.717) is 17.0 Å². The van der Waals surface area contributed by atoms with Gasteiger partial charge in [-0.3, -0.25) is 19.3 Å². The second kappa shape index (κ2) is 11.4. The highest BCUT2D eigenvalue weighted by Crippen LogP contribution is 2.38. The molecule has 0 saturated heterocycles. The average Bonchev–Trinajstić information content (AvgIpc) is 3.29. The predicted octanol–water partition coefficient (Wildman–Crippen LogP) is 3.98. The Kier molecular flexibility index (Phi) is 8.08. The lowest BCUT2D eigenvalue weighted by molar-refractivity contribution is -0.123. The Balaban J connectivity index is 1.87. The topological polar surface area (TPSA) is 141 Å². The Bertz CT molecular complexity index is 1280. The van der Waals surface area contributed by atoms with Gasteiger partial charge < -0.3 is 21.5 Å². The second-order valence-corrected chi connectivity index (χ2v) is 9.92. The van der Waals surface area contributed by atoms with E-state index in [1.807, 2.05) is 31.2 Å². The number of anilines is 2. The van der Waals surface area contributed by atoms with Crippen LogP contribution in [-0.4, -0.2) is 35.2 Å². The largest absolute Gasteiger partial charge is 0.495 e. The Hall–Kier alpha value is -3.92. The summed E-state index contributed by atoms with van der Waals surface area (Å²) in [7, 11) is 1.50. The molecule has 9 nitrogen and oxygen atoms in total. The maximum absolute atomic E-state index is 14.2. The van der Waals surface area contributed by atoms with Gasteiger partial charge in [0.1, 0.15) is 16.7 Å². The average molecular weight is 522 g/mol. The number of nitrogens with two attached hydrogens (primary N) is 2. The minimum Gasteiger partial charge on any atom is -0.495 e. The minimum atomic E-state index is -1.04. The third kappa shape index (κ3) is 5.59. The van der Waals surface area contributed by atoms with Crippen LogP contribution in [0.5, 0.6) is 5.75 Å². The van der Waals surface area contributed by atoms with Gasteiger partial charge in [-0.25, -0.2) is 0 Å². The Morgan fingerprint density at radius 2 is 1.76 bits per heavy atom. The van der Waals surface area contributed by atoms with E-state index in [4.69, 9.17) is 16.2 Å². The summed E-state index contributed by atoms with van der Waals surface area (Å²) in [6.45, 7) is 1.95. The summed E-state index contributed by atoms with van der Waals surface area (Å²) in [5.74, 6) is -1.33. The maximum Gasteiger partial charge on any atom is 0.273 e. The number of carbonyl (C=O) groups excluding carboxylic acids is 3. The zero-order chi connectivity index (χ0) is 26.5. The minimum absolute atomic E-state index is 0.0160. The molecule has 1 saturated carbocycles. The van der Waals surface area contributed by atoms with Crippen LogP contribution in [-0.2, 0) is 4.79 Å². The molecule has 0 aliphatic heterocycles. The fourth-order valence-corrected chi connectivity index (χ4v) is 5.37.